The molecular weight excluding hydrogens is 438 g/mol. The second-order valence-electron chi connectivity index (χ2n) is 8.11. The lowest BCUT2D eigenvalue weighted by molar-refractivity contribution is -0.140. The number of benzene rings is 1. The number of hydrogen-bond acceptors (Lipinski definition) is 6. The number of nitrogens with one attached hydrogen (secondary N) is 1. The Morgan fingerprint density at radius 1 is 1.00 bits per heavy atom. The number of ketones is 1. The number of rotatable bonds is 5. The van der Waals surface area contributed by atoms with Gasteiger partial charge in [-0.05, 0) is 41.8 Å². The highest BCUT2D eigenvalue weighted by Gasteiger charge is 2.42. The molecule has 3 heterocycles. The zero-order chi connectivity index (χ0) is 22.1. The minimum atomic E-state index is -0.383. The third kappa shape index (κ3) is 3.96. The third-order valence-corrected chi connectivity index (χ3v) is 8.01. The number of carbonyl (C=O) groups excluding carboxylic acids is 2. The van der Waals surface area contributed by atoms with Crippen LogP contribution in [0.3, 0.4) is 0 Å². The van der Waals surface area contributed by atoms with Crippen LogP contribution in [-0.2, 0) is 20.9 Å². The van der Waals surface area contributed by atoms with Crippen LogP contribution < -0.4 is 5.32 Å². The average Bonchev–Trinajstić information content (AvgIpc) is 3.51. The molecule has 3 aromatic rings. The lowest BCUT2D eigenvalue weighted by atomic mass is 9.74. The third-order valence-electron chi connectivity index (χ3n) is 6.03. The summed E-state index contributed by atoms with van der Waals surface area (Å²) in [4.78, 5) is 28.9. The van der Waals surface area contributed by atoms with Crippen LogP contribution >= 0.6 is 22.7 Å². The van der Waals surface area contributed by atoms with Gasteiger partial charge in [0.05, 0.1) is 11.5 Å². The van der Waals surface area contributed by atoms with Crippen LogP contribution in [0.2, 0.25) is 0 Å². The second kappa shape index (κ2) is 8.88. The van der Waals surface area contributed by atoms with Gasteiger partial charge in [0, 0.05) is 39.1 Å². The summed E-state index contributed by atoms with van der Waals surface area (Å²) in [5, 5.41) is 7.45. The van der Waals surface area contributed by atoms with E-state index in [4.69, 9.17) is 4.74 Å². The van der Waals surface area contributed by atoms with E-state index >= 15 is 0 Å². The zero-order valence-electron chi connectivity index (χ0n) is 17.7. The van der Waals surface area contributed by atoms with Gasteiger partial charge in [0.15, 0.2) is 5.78 Å². The highest BCUT2D eigenvalue weighted by molar-refractivity contribution is 7.10. The molecule has 6 heteroatoms. The summed E-state index contributed by atoms with van der Waals surface area (Å²) in [6, 6.07) is 17.7. The summed E-state index contributed by atoms with van der Waals surface area (Å²) >= 11 is 3.26. The SMILES string of the molecule is CC1=C(C(=O)OCc2ccccc2)[C@@H](c2cccs2)C2=C(C[C@@H](c3cccs3)CC2=O)N1. The smallest absolute Gasteiger partial charge is 0.337 e. The van der Waals surface area contributed by atoms with Gasteiger partial charge in [-0.25, -0.2) is 4.79 Å². The molecule has 0 fully saturated rings. The Morgan fingerprint density at radius 3 is 2.41 bits per heavy atom. The Balaban J connectivity index is 1.48. The summed E-state index contributed by atoms with van der Waals surface area (Å²) in [7, 11) is 0. The topological polar surface area (TPSA) is 55.4 Å². The van der Waals surface area contributed by atoms with Crippen molar-refractivity contribution in [3.05, 3.63) is 103 Å². The van der Waals surface area contributed by atoms with Crippen molar-refractivity contribution in [2.24, 2.45) is 0 Å². The molecule has 162 valence electrons. The molecule has 0 amide bonds. The molecule has 0 saturated heterocycles. The highest BCUT2D eigenvalue weighted by Crippen LogP contribution is 2.47. The Morgan fingerprint density at radius 2 is 1.72 bits per heavy atom. The number of hydrogen-bond donors (Lipinski definition) is 1. The van der Waals surface area contributed by atoms with E-state index in [2.05, 4.69) is 16.8 Å². The molecule has 0 spiro atoms. The molecule has 4 nitrogen and oxygen atoms in total. The summed E-state index contributed by atoms with van der Waals surface area (Å²) in [5.74, 6) is -0.475. The lowest BCUT2D eigenvalue weighted by Gasteiger charge is -2.35. The first kappa shape index (κ1) is 20.9. The Labute approximate surface area is 195 Å². The van der Waals surface area contributed by atoms with Gasteiger partial charge >= 0.3 is 5.97 Å². The van der Waals surface area contributed by atoms with Crippen molar-refractivity contribution in [1.29, 1.82) is 0 Å². The van der Waals surface area contributed by atoms with Crippen LogP contribution in [0.5, 0.6) is 0 Å². The van der Waals surface area contributed by atoms with Gasteiger partial charge in [0.25, 0.3) is 0 Å². The number of ether oxygens (including phenoxy) is 1. The van der Waals surface area contributed by atoms with E-state index in [0.29, 0.717) is 12.0 Å². The molecule has 0 saturated carbocycles. The molecule has 2 aromatic heterocycles. The molecule has 5 rings (SSSR count). The molecular formula is C26H23NO3S2. The van der Waals surface area contributed by atoms with Crippen LogP contribution in [-0.4, -0.2) is 11.8 Å². The molecule has 1 aromatic carbocycles. The van der Waals surface area contributed by atoms with Crippen LogP contribution in [0.1, 0.15) is 46.9 Å². The summed E-state index contributed by atoms with van der Waals surface area (Å²) in [6.45, 7) is 2.11. The largest absolute Gasteiger partial charge is 0.457 e. The van der Waals surface area contributed by atoms with Crippen molar-refractivity contribution in [2.75, 3.05) is 0 Å². The number of allylic oxidation sites excluding steroid dienone is 3. The van der Waals surface area contributed by atoms with E-state index in [1.807, 2.05) is 60.8 Å². The molecule has 1 aliphatic carbocycles. The van der Waals surface area contributed by atoms with E-state index in [0.717, 1.165) is 33.8 Å². The fourth-order valence-electron chi connectivity index (χ4n) is 4.58. The average molecular weight is 462 g/mol. The Hall–Kier alpha value is -2.96. The van der Waals surface area contributed by atoms with Crippen molar-refractivity contribution < 1.29 is 14.3 Å². The second-order valence-corrected chi connectivity index (χ2v) is 10.1. The predicted octanol–water partition coefficient (Wildman–Crippen LogP) is 5.91. The number of dihydropyridines is 1. The molecule has 2 aliphatic rings. The van der Waals surface area contributed by atoms with Crippen molar-refractivity contribution in [3.63, 3.8) is 0 Å². The monoisotopic (exact) mass is 461 g/mol. The van der Waals surface area contributed by atoms with Gasteiger partial charge in [0.2, 0.25) is 0 Å². The van der Waals surface area contributed by atoms with Crippen LogP contribution in [0.4, 0.5) is 0 Å². The van der Waals surface area contributed by atoms with Gasteiger partial charge in [-0.1, -0.05) is 42.5 Å². The first-order chi connectivity index (χ1) is 15.6. The molecule has 0 unspecified atom stereocenters. The zero-order valence-corrected chi connectivity index (χ0v) is 19.3. The summed E-state index contributed by atoms with van der Waals surface area (Å²) in [6.07, 6.45) is 1.24. The predicted molar refractivity (Wildman–Crippen MR) is 127 cm³/mol. The van der Waals surface area contributed by atoms with E-state index < -0.39 is 0 Å². The minimum Gasteiger partial charge on any atom is -0.457 e. The number of Topliss-reactive ketones (excluding diaryl/α,β-unsaturated/α-hetero) is 1. The van der Waals surface area contributed by atoms with Gasteiger partial charge < -0.3 is 10.1 Å². The van der Waals surface area contributed by atoms with E-state index in [-0.39, 0.29) is 30.2 Å². The van der Waals surface area contributed by atoms with Gasteiger partial charge in [-0.2, -0.15) is 0 Å². The number of thiophene rings is 2. The lowest BCUT2D eigenvalue weighted by Crippen LogP contribution is -2.35. The molecule has 1 aliphatic heterocycles. The van der Waals surface area contributed by atoms with E-state index in [9.17, 15) is 9.59 Å². The Bertz CT molecular complexity index is 1190. The fourth-order valence-corrected chi connectivity index (χ4v) is 6.25. The minimum absolute atomic E-state index is 0.108. The fraction of sp³-hybridized carbons (Fsp3) is 0.231. The molecule has 0 bridgehead atoms. The first-order valence-corrected chi connectivity index (χ1v) is 12.4. The standard InChI is InChI=1S/C26H23NO3S2/c1-16-23(26(29)30-15-17-7-3-2-4-8-17)25(22-10-6-12-32-22)24-19(27-16)13-18(14-20(24)28)21-9-5-11-31-21/h2-12,18,25,27H,13-15H2,1H3/t18-,25-/m1/s1. The van der Waals surface area contributed by atoms with E-state index in [1.165, 1.54) is 4.88 Å². The molecule has 0 radical (unpaired) electrons. The first-order valence-electron chi connectivity index (χ1n) is 10.6. The van der Waals surface area contributed by atoms with Gasteiger partial charge in [-0.15, -0.1) is 22.7 Å². The molecule has 32 heavy (non-hydrogen) atoms. The highest BCUT2D eigenvalue weighted by atomic mass is 32.1. The quantitative estimate of drug-likeness (QED) is 0.480. The van der Waals surface area contributed by atoms with Crippen molar-refractivity contribution in [3.8, 4) is 0 Å². The van der Waals surface area contributed by atoms with Gasteiger partial charge in [0.1, 0.15) is 6.61 Å². The maximum absolute atomic E-state index is 13.4. The van der Waals surface area contributed by atoms with Crippen molar-refractivity contribution in [2.45, 2.75) is 38.2 Å². The van der Waals surface area contributed by atoms with Crippen molar-refractivity contribution >= 4 is 34.4 Å². The summed E-state index contributed by atoms with van der Waals surface area (Å²) in [5.41, 5.74) is 3.89. The maximum Gasteiger partial charge on any atom is 0.337 e. The normalized spacial score (nSPS) is 20.7. The maximum atomic E-state index is 13.4. The summed E-state index contributed by atoms with van der Waals surface area (Å²) < 4.78 is 5.70. The number of esters is 1. The molecule has 1 N–H and O–H groups in total. The number of carbonyl (C=O) groups is 2. The molecule has 2 atom stereocenters. The van der Waals surface area contributed by atoms with Crippen LogP contribution in [0.15, 0.2) is 87.9 Å². The van der Waals surface area contributed by atoms with Gasteiger partial charge in [-0.3, -0.25) is 4.79 Å². The van der Waals surface area contributed by atoms with Crippen LogP contribution in [0.25, 0.3) is 0 Å². The van der Waals surface area contributed by atoms with Crippen LogP contribution in [0, 0.1) is 0 Å². The van der Waals surface area contributed by atoms with Crippen molar-refractivity contribution in [1.82, 2.24) is 5.32 Å². The van der Waals surface area contributed by atoms with E-state index in [1.54, 1.807) is 22.7 Å². The Kier molecular flexibility index (Phi) is 5.81.